The van der Waals surface area contributed by atoms with Gasteiger partial charge in [-0.3, -0.25) is 0 Å². The summed E-state index contributed by atoms with van der Waals surface area (Å²) in [5.74, 6) is 0. The molecule has 0 unspecified atom stereocenters. The molecule has 1 N–H and O–H groups in total. The molecule has 0 fully saturated rings. The number of benzene rings is 3. The van der Waals surface area contributed by atoms with E-state index in [2.05, 4.69) is 79.0 Å². The topological polar surface area (TPSA) is 12.0 Å². The maximum absolute atomic E-state index is 3.57. The quantitative estimate of drug-likeness (QED) is 0.695. The number of rotatable bonds is 4. The van der Waals surface area contributed by atoms with Crippen molar-refractivity contribution >= 4 is 16.5 Å². The van der Waals surface area contributed by atoms with Gasteiger partial charge < -0.3 is 5.32 Å². The first-order valence-corrected chi connectivity index (χ1v) is 7.17. The summed E-state index contributed by atoms with van der Waals surface area (Å²) < 4.78 is 0. The van der Waals surface area contributed by atoms with E-state index in [0.29, 0.717) is 0 Å². The minimum absolute atomic E-state index is 0.859. The summed E-state index contributed by atoms with van der Waals surface area (Å²) in [5, 5.41) is 6.20. The number of fused-ring (bicyclic) bond motifs is 1. The van der Waals surface area contributed by atoms with Gasteiger partial charge in [-0.15, -0.1) is 0 Å². The van der Waals surface area contributed by atoms with Gasteiger partial charge in [-0.05, 0) is 34.4 Å². The maximum atomic E-state index is 3.57. The zero-order valence-corrected chi connectivity index (χ0v) is 11.8. The standard InChI is InChI=1S/C19H19N/c1-2-15-8-4-6-13-19(15)20-14-17-11-7-10-16-9-3-5-12-18(16)17/h3-13,20H,2,14H2,1H3. The van der Waals surface area contributed by atoms with E-state index in [1.807, 2.05) is 0 Å². The number of aryl methyl sites for hydroxylation is 1. The summed E-state index contributed by atoms with van der Waals surface area (Å²) in [6.07, 6.45) is 1.05. The Morgan fingerprint density at radius 3 is 2.35 bits per heavy atom. The lowest BCUT2D eigenvalue weighted by Crippen LogP contribution is -2.02. The van der Waals surface area contributed by atoms with Crippen molar-refractivity contribution in [2.45, 2.75) is 19.9 Å². The highest BCUT2D eigenvalue weighted by atomic mass is 14.9. The Morgan fingerprint density at radius 1 is 0.750 bits per heavy atom. The van der Waals surface area contributed by atoms with Crippen LogP contribution in [0.5, 0.6) is 0 Å². The predicted octanol–water partition coefficient (Wildman–Crippen LogP) is 5.01. The largest absolute Gasteiger partial charge is 0.381 e. The Kier molecular flexibility index (Phi) is 3.69. The molecule has 0 amide bonds. The molecule has 0 saturated heterocycles. The maximum Gasteiger partial charge on any atom is 0.0407 e. The predicted molar refractivity (Wildman–Crippen MR) is 87.1 cm³/mol. The lowest BCUT2D eigenvalue weighted by atomic mass is 10.0. The van der Waals surface area contributed by atoms with E-state index in [9.17, 15) is 0 Å². The van der Waals surface area contributed by atoms with Crippen molar-refractivity contribution in [1.82, 2.24) is 0 Å². The van der Waals surface area contributed by atoms with E-state index >= 15 is 0 Å². The highest BCUT2D eigenvalue weighted by Crippen LogP contribution is 2.21. The average molecular weight is 261 g/mol. The minimum atomic E-state index is 0.859. The Bertz CT molecular complexity index is 710. The van der Waals surface area contributed by atoms with E-state index in [-0.39, 0.29) is 0 Å². The molecule has 0 aliphatic rings. The molecule has 0 radical (unpaired) electrons. The Balaban J connectivity index is 1.87. The average Bonchev–Trinajstić information content (AvgIpc) is 2.53. The van der Waals surface area contributed by atoms with Gasteiger partial charge in [-0.25, -0.2) is 0 Å². The normalized spacial score (nSPS) is 10.7. The van der Waals surface area contributed by atoms with E-state index < -0.39 is 0 Å². The molecular weight excluding hydrogens is 242 g/mol. The Hall–Kier alpha value is -2.28. The number of hydrogen-bond acceptors (Lipinski definition) is 1. The first kappa shape index (κ1) is 12.7. The third-order valence-electron chi connectivity index (χ3n) is 3.75. The number of para-hydroxylation sites is 1. The van der Waals surface area contributed by atoms with Crippen LogP contribution in [-0.2, 0) is 13.0 Å². The summed E-state index contributed by atoms with van der Waals surface area (Å²) in [4.78, 5) is 0. The molecule has 1 heteroatoms. The van der Waals surface area contributed by atoms with Crippen LogP contribution < -0.4 is 5.32 Å². The molecule has 0 spiro atoms. The SMILES string of the molecule is CCc1ccccc1NCc1cccc2ccccc12. The molecule has 0 aliphatic carbocycles. The van der Waals surface area contributed by atoms with Crippen LogP contribution in [-0.4, -0.2) is 0 Å². The minimum Gasteiger partial charge on any atom is -0.381 e. The van der Waals surface area contributed by atoms with Crippen LogP contribution in [0.3, 0.4) is 0 Å². The van der Waals surface area contributed by atoms with Gasteiger partial charge in [-0.1, -0.05) is 67.6 Å². The molecule has 0 aliphatic heterocycles. The van der Waals surface area contributed by atoms with Crippen LogP contribution in [0, 0.1) is 0 Å². The third-order valence-corrected chi connectivity index (χ3v) is 3.75. The summed E-state index contributed by atoms with van der Waals surface area (Å²) in [5.41, 5.74) is 3.95. The van der Waals surface area contributed by atoms with E-state index in [1.165, 1.54) is 27.6 Å². The first-order valence-electron chi connectivity index (χ1n) is 7.17. The van der Waals surface area contributed by atoms with Gasteiger partial charge in [0, 0.05) is 12.2 Å². The highest BCUT2D eigenvalue weighted by Gasteiger charge is 2.02. The summed E-state index contributed by atoms with van der Waals surface area (Å²) >= 11 is 0. The molecule has 0 bridgehead atoms. The molecule has 20 heavy (non-hydrogen) atoms. The Morgan fingerprint density at radius 2 is 1.45 bits per heavy atom. The van der Waals surface area contributed by atoms with Crippen LogP contribution in [0.2, 0.25) is 0 Å². The van der Waals surface area contributed by atoms with Crippen molar-refractivity contribution in [3.05, 3.63) is 77.9 Å². The third kappa shape index (κ3) is 2.53. The van der Waals surface area contributed by atoms with Crippen LogP contribution in [0.15, 0.2) is 66.7 Å². The fourth-order valence-corrected chi connectivity index (χ4v) is 2.64. The second-order valence-electron chi connectivity index (χ2n) is 5.00. The lowest BCUT2D eigenvalue weighted by Gasteiger charge is -2.12. The summed E-state index contributed by atoms with van der Waals surface area (Å²) in [7, 11) is 0. The summed E-state index contributed by atoms with van der Waals surface area (Å²) in [6, 6.07) is 23.6. The van der Waals surface area contributed by atoms with E-state index in [1.54, 1.807) is 0 Å². The number of anilines is 1. The van der Waals surface area contributed by atoms with Crippen molar-refractivity contribution < 1.29 is 0 Å². The van der Waals surface area contributed by atoms with Crippen LogP contribution in [0.4, 0.5) is 5.69 Å². The summed E-state index contributed by atoms with van der Waals surface area (Å²) in [6.45, 7) is 3.05. The van der Waals surface area contributed by atoms with Crippen LogP contribution in [0.25, 0.3) is 10.8 Å². The van der Waals surface area contributed by atoms with Gasteiger partial charge in [-0.2, -0.15) is 0 Å². The van der Waals surface area contributed by atoms with E-state index in [0.717, 1.165) is 13.0 Å². The molecule has 0 saturated carbocycles. The fraction of sp³-hybridized carbons (Fsp3) is 0.158. The molecule has 100 valence electrons. The van der Waals surface area contributed by atoms with Crippen molar-refractivity contribution in [2.75, 3.05) is 5.32 Å². The van der Waals surface area contributed by atoms with Gasteiger partial charge in [0.1, 0.15) is 0 Å². The molecular formula is C19H19N. The first-order chi connectivity index (χ1) is 9.88. The highest BCUT2D eigenvalue weighted by molar-refractivity contribution is 5.85. The molecule has 3 aromatic carbocycles. The second-order valence-corrected chi connectivity index (χ2v) is 5.00. The smallest absolute Gasteiger partial charge is 0.0407 e. The zero-order valence-electron chi connectivity index (χ0n) is 11.8. The second kappa shape index (κ2) is 5.79. The van der Waals surface area contributed by atoms with Crippen LogP contribution >= 0.6 is 0 Å². The number of nitrogens with one attached hydrogen (secondary N) is 1. The molecule has 3 rings (SSSR count). The van der Waals surface area contributed by atoms with Gasteiger partial charge in [0.15, 0.2) is 0 Å². The van der Waals surface area contributed by atoms with Gasteiger partial charge >= 0.3 is 0 Å². The molecule has 0 aromatic heterocycles. The monoisotopic (exact) mass is 261 g/mol. The van der Waals surface area contributed by atoms with Gasteiger partial charge in [0.2, 0.25) is 0 Å². The van der Waals surface area contributed by atoms with Gasteiger partial charge in [0.05, 0.1) is 0 Å². The zero-order chi connectivity index (χ0) is 13.8. The molecule has 0 atom stereocenters. The van der Waals surface area contributed by atoms with Gasteiger partial charge in [0.25, 0.3) is 0 Å². The van der Waals surface area contributed by atoms with E-state index in [4.69, 9.17) is 0 Å². The lowest BCUT2D eigenvalue weighted by molar-refractivity contribution is 1.10. The molecule has 1 nitrogen and oxygen atoms in total. The molecule has 0 heterocycles. The van der Waals surface area contributed by atoms with Crippen molar-refractivity contribution in [2.24, 2.45) is 0 Å². The number of hydrogen-bond donors (Lipinski definition) is 1. The van der Waals surface area contributed by atoms with Crippen molar-refractivity contribution in [3.63, 3.8) is 0 Å². The fourth-order valence-electron chi connectivity index (χ4n) is 2.64. The van der Waals surface area contributed by atoms with Crippen molar-refractivity contribution in [1.29, 1.82) is 0 Å². The Labute approximate surface area is 120 Å². The molecule has 3 aromatic rings. The van der Waals surface area contributed by atoms with Crippen molar-refractivity contribution in [3.8, 4) is 0 Å². The van der Waals surface area contributed by atoms with Crippen LogP contribution in [0.1, 0.15) is 18.1 Å².